The lowest BCUT2D eigenvalue weighted by molar-refractivity contribution is 0.471. The minimum Gasteiger partial charge on any atom is -0.314 e. The van der Waals surface area contributed by atoms with Crippen LogP contribution in [0.1, 0.15) is 26.5 Å². The van der Waals surface area contributed by atoms with E-state index in [2.05, 4.69) is 55.5 Å². The number of aryl methyl sites for hydroxylation is 1. The van der Waals surface area contributed by atoms with Crippen LogP contribution in [0, 0.1) is 5.92 Å². The fraction of sp³-hybridized carbons (Fsp3) is 0.533. The highest BCUT2D eigenvalue weighted by Gasteiger charge is 2.11. The van der Waals surface area contributed by atoms with Gasteiger partial charge in [-0.1, -0.05) is 39.0 Å². The van der Waals surface area contributed by atoms with Gasteiger partial charge in [-0.15, -0.1) is 0 Å². The zero-order chi connectivity index (χ0) is 13.1. The predicted octanol–water partition coefficient (Wildman–Crippen LogP) is 2.75. The van der Waals surface area contributed by atoms with Gasteiger partial charge in [-0.05, 0) is 24.9 Å². The number of rotatable bonds is 5. The molecule has 0 saturated heterocycles. The van der Waals surface area contributed by atoms with E-state index >= 15 is 0 Å². The number of fused-ring (bicyclic) bond motifs is 1. The van der Waals surface area contributed by atoms with Crippen molar-refractivity contribution in [3.05, 3.63) is 30.0 Å². The quantitative estimate of drug-likeness (QED) is 0.878. The van der Waals surface area contributed by atoms with Crippen LogP contribution < -0.4 is 5.32 Å². The molecule has 2 aromatic rings. The second kappa shape index (κ2) is 5.53. The summed E-state index contributed by atoms with van der Waals surface area (Å²) in [5, 5.41) is 9.42. The molecule has 0 radical (unpaired) electrons. The minimum atomic E-state index is 0.549. The summed E-state index contributed by atoms with van der Waals surface area (Å²) in [5.41, 5.74) is 2.43. The fourth-order valence-corrected chi connectivity index (χ4v) is 2.28. The minimum absolute atomic E-state index is 0.549. The van der Waals surface area contributed by atoms with Crippen LogP contribution in [0.4, 0.5) is 0 Å². The second-order valence-electron chi connectivity index (χ2n) is 5.46. The van der Waals surface area contributed by atoms with E-state index in [0.29, 0.717) is 12.0 Å². The Morgan fingerprint density at radius 3 is 2.67 bits per heavy atom. The predicted molar refractivity (Wildman–Crippen MR) is 76.7 cm³/mol. The summed E-state index contributed by atoms with van der Waals surface area (Å²) >= 11 is 0. The molecule has 0 spiro atoms. The van der Waals surface area contributed by atoms with Gasteiger partial charge < -0.3 is 5.32 Å². The molecular weight excluding hydrogens is 222 g/mol. The van der Waals surface area contributed by atoms with Crippen molar-refractivity contribution in [3.8, 4) is 0 Å². The third-order valence-electron chi connectivity index (χ3n) is 3.25. The van der Waals surface area contributed by atoms with Gasteiger partial charge in [0.05, 0.1) is 11.2 Å². The largest absolute Gasteiger partial charge is 0.314 e. The number of nitrogens with zero attached hydrogens (tertiary/aromatic N) is 2. The Kier molecular flexibility index (Phi) is 4.02. The average molecular weight is 245 g/mol. The topological polar surface area (TPSA) is 29.9 Å². The first-order valence-corrected chi connectivity index (χ1v) is 6.72. The van der Waals surface area contributed by atoms with Crippen LogP contribution >= 0.6 is 0 Å². The Labute approximate surface area is 109 Å². The number of para-hydroxylation sites is 1. The maximum Gasteiger partial charge on any atom is 0.0706 e. The Bertz CT molecular complexity index is 513. The smallest absolute Gasteiger partial charge is 0.0706 e. The van der Waals surface area contributed by atoms with Crippen molar-refractivity contribution in [2.75, 3.05) is 6.54 Å². The monoisotopic (exact) mass is 245 g/mol. The van der Waals surface area contributed by atoms with Gasteiger partial charge in [0, 0.05) is 18.5 Å². The number of hydrogen-bond donors (Lipinski definition) is 1. The highest BCUT2D eigenvalue weighted by molar-refractivity contribution is 5.81. The lowest BCUT2D eigenvalue weighted by atomic mass is 10.0. The molecule has 0 aliphatic carbocycles. The van der Waals surface area contributed by atoms with E-state index in [1.165, 1.54) is 16.6 Å². The lowest BCUT2D eigenvalue weighted by Gasteiger charge is -2.13. The number of hydrogen-bond acceptors (Lipinski definition) is 2. The van der Waals surface area contributed by atoms with Gasteiger partial charge in [0.15, 0.2) is 0 Å². The fourth-order valence-electron chi connectivity index (χ4n) is 2.28. The van der Waals surface area contributed by atoms with Crippen molar-refractivity contribution in [2.24, 2.45) is 13.0 Å². The summed E-state index contributed by atoms with van der Waals surface area (Å²) in [7, 11) is 2.02. The van der Waals surface area contributed by atoms with Gasteiger partial charge in [-0.25, -0.2) is 0 Å². The van der Waals surface area contributed by atoms with Crippen LogP contribution in [-0.2, 0) is 13.5 Å². The first-order chi connectivity index (χ1) is 8.58. The van der Waals surface area contributed by atoms with E-state index in [1.54, 1.807) is 0 Å². The Morgan fingerprint density at radius 2 is 1.94 bits per heavy atom. The molecule has 0 aliphatic heterocycles. The van der Waals surface area contributed by atoms with E-state index in [9.17, 15) is 0 Å². The Hall–Kier alpha value is -1.35. The molecule has 3 nitrogen and oxygen atoms in total. The maximum atomic E-state index is 4.65. The second-order valence-corrected chi connectivity index (χ2v) is 5.46. The van der Waals surface area contributed by atoms with Crippen LogP contribution in [0.5, 0.6) is 0 Å². The summed E-state index contributed by atoms with van der Waals surface area (Å²) < 4.78 is 1.98. The SMILES string of the molecule is CC(CNC(C)C)Cc1nn(C)c2ccccc12. The summed E-state index contributed by atoms with van der Waals surface area (Å²) in [4.78, 5) is 0. The highest BCUT2D eigenvalue weighted by Crippen LogP contribution is 2.19. The molecule has 1 heterocycles. The molecule has 0 aliphatic rings. The summed E-state index contributed by atoms with van der Waals surface area (Å²) in [6.45, 7) is 7.69. The van der Waals surface area contributed by atoms with Gasteiger partial charge in [0.1, 0.15) is 0 Å². The van der Waals surface area contributed by atoms with Gasteiger partial charge in [0.2, 0.25) is 0 Å². The molecular formula is C15H23N3. The van der Waals surface area contributed by atoms with Crippen LogP contribution in [-0.4, -0.2) is 22.4 Å². The first kappa shape index (κ1) is 13.1. The van der Waals surface area contributed by atoms with E-state index in [0.717, 1.165) is 13.0 Å². The van der Waals surface area contributed by atoms with Gasteiger partial charge >= 0.3 is 0 Å². The number of nitrogens with one attached hydrogen (secondary N) is 1. The van der Waals surface area contributed by atoms with E-state index in [-0.39, 0.29) is 0 Å². The molecule has 1 aromatic heterocycles. The molecule has 0 saturated carbocycles. The Morgan fingerprint density at radius 1 is 1.22 bits per heavy atom. The summed E-state index contributed by atoms with van der Waals surface area (Å²) in [6, 6.07) is 9.00. The summed E-state index contributed by atoms with van der Waals surface area (Å²) in [5.74, 6) is 0.603. The van der Waals surface area contributed by atoms with Gasteiger partial charge in [0.25, 0.3) is 0 Å². The molecule has 0 amide bonds. The third-order valence-corrected chi connectivity index (χ3v) is 3.25. The van der Waals surface area contributed by atoms with Crippen LogP contribution in [0.15, 0.2) is 24.3 Å². The lowest BCUT2D eigenvalue weighted by Crippen LogP contribution is -2.28. The zero-order valence-corrected chi connectivity index (χ0v) is 11.8. The molecule has 0 fully saturated rings. The van der Waals surface area contributed by atoms with E-state index in [1.807, 2.05) is 11.7 Å². The molecule has 2 rings (SSSR count). The average Bonchev–Trinajstić information content (AvgIpc) is 2.65. The summed E-state index contributed by atoms with van der Waals surface area (Å²) in [6.07, 6.45) is 1.03. The molecule has 98 valence electrons. The first-order valence-electron chi connectivity index (χ1n) is 6.72. The molecule has 1 aromatic carbocycles. The van der Waals surface area contributed by atoms with Crippen molar-refractivity contribution < 1.29 is 0 Å². The molecule has 3 heteroatoms. The van der Waals surface area contributed by atoms with Gasteiger partial charge in [-0.2, -0.15) is 5.10 Å². The number of benzene rings is 1. The standard InChI is InChI=1S/C15H23N3/c1-11(2)16-10-12(3)9-14-13-7-5-6-8-15(13)18(4)17-14/h5-8,11-12,16H,9-10H2,1-4H3. The van der Waals surface area contributed by atoms with Crippen molar-refractivity contribution in [2.45, 2.75) is 33.2 Å². The molecule has 1 atom stereocenters. The zero-order valence-electron chi connectivity index (χ0n) is 11.8. The third kappa shape index (κ3) is 2.91. The maximum absolute atomic E-state index is 4.65. The van der Waals surface area contributed by atoms with Crippen molar-refractivity contribution in [1.29, 1.82) is 0 Å². The Balaban J connectivity index is 2.12. The van der Waals surface area contributed by atoms with Crippen molar-refractivity contribution >= 4 is 10.9 Å². The molecule has 18 heavy (non-hydrogen) atoms. The van der Waals surface area contributed by atoms with Crippen LogP contribution in [0.25, 0.3) is 10.9 Å². The van der Waals surface area contributed by atoms with Crippen LogP contribution in [0.2, 0.25) is 0 Å². The molecule has 1 N–H and O–H groups in total. The van der Waals surface area contributed by atoms with E-state index in [4.69, 9.17) is 0 Å². The van der Waals surface area contributed by atoms with E-state index < -0.39 is 0 Å². The molecule has 1 unspecified atom stereocenters. The normalized spacial score (nSPS) is 13.4. The highest BCUT2D eigenvalue weighted by atomic mass is 15.3. The van der Waals surface area contributed by atoms with Crippen molar-refractivity contribution in [3.63, 3.8) is 0 Å². The van der Waals surface area contributed by atoms with Crippen LogP contribution in [0.3, 0.4) is 0 Å². The van der Waals surface area contributed by atoms with Crippen molar-refractivity contribution in [1.82, 2.24) is 15.1 Å². The molecule has 0 bridgehead atoms. The van der Waals surface area contributed by atoms with Gasteiger partial charge in [-0.3, -0.25) is 4.68 Å². The number of aromatic nitrogens is 2.